The minimum atomic E-state index is -0.277. The van der Waals surface area contributed by atoms with Crippen LogP contribution in [0.5, 0.6) is 23.5 Å². The number of methoxy groups -OCH3 is 4. The van der Waals surface area contributed by atoms with E-state index in [1.165, 1.54) is 71.4 Å². The van der Waals surface area contributed by atoms with E-state index in [9.17, 15) is 19.2 Å². The van der Waals surface area contributed by atoms with Crippen molar-refractivity contribution in [1.29, 1.82) is 0 Å². The van der Waals surface area contributed by atoms with Crippen molar-refractivity contribution >= 4 is 85.9 Å². The third-order valence-corrected chi connectivity index (χ3v) is 23.3. The molecule has 0 aliphatic carbocycles. The fourth-order valence-electron chi connectivity index (χ4n) is 15.8. The van der Waals surface area contributed by atoms with Crippen LogP contribution >= 0.6 is 50.7 Å². The lowest BCUT2D eigenvalue weighted by atomic mass is 9.85. The number of carbonyl (C=O) groups is 3. The first kappa shape index (κ1) is 99.6. The third-order valence-electron chi connectivity index (χ3n) is 22.2. The second-order valence-corrected chi connectivity index (χ2v) is 35.3. The van der Waals surface area contributed by atoms with Crippen molar-refractivity contribution in [3.05, 3.63) is 290 Å². The van der Waals surface area contributed by atoms with Gasteiger partial charge in [0.1, 0.15) is 17.5 Å². The molecule has 9 aromatic heterocycles. The molecule has 4 aliphatic rings. The van der Waals surface area contributed by atoms with Crippen LogP contribution in [0, 0.1) is 30.6 Å². The molecule has 0 bridgehead atoms. The van der Waals surface area contributed by atoms with Crippen LogP contribution in [0.3, 0.4) is 0 Å². The first-order valence-electron chi connectivity index (χ1n) is 42.4. The van der Waals surface area contributed by atoms with Crippen molar-refractivity contribution < 1.29 is 54.9 Å². The van der Waals surface area contributed by atoms with Crippen LogP contribution in [0.1, 0.15) is 137 Å². The predicted octanol–water partition coefficient (Wildman–Crippen LogP) is 14.8. The molecule has 24 nitrogen and oxygen atoms in total. The van der Waals surface area contributed by atoms with E-state index in [1.807, 2.05) is 81.1 Å². The van der Waals surface area contributed by atoms with Crippen LogP contribution in [-0.2, 0) is 27.5 Å². The average molecular weight is 1900 g/mol. The largest absolute Gasteiger partial charge is 1.00 e. The number of rotatable bonds is 21. The van der Waals surface area contributed by atoms with E-state index in [0.717, 1.165) is 94.4 Å². The Labute approximate surface area is 775 Å². The summed E-state index contributed by atoms with van der Waals surface area (Å²) >= 11 is 20.4. The minimum absolute atomic E-state index is 0. The molecule has 0 saturated carbocycles. The Balaban J connectivity index is 0.000000173. The van der Waals surface area contributed by atoms with Gasteiger partial charge in [0.25, 0.3) is 0 Å². The Morgan fingerprint density at radius 1 is 0.460 bits per heavy atom. The van der Waals surface area contributed by atoms with Gasteiger partial charge in [0.15, 0.2) is 18.9 Å². The van der Waals surface area contributed by atoms with Gasteiger partial charge >= 0.3 is 0 Å². The molecule has 13 heterocycles. The van der Waals surface area contributed by atoms with Crippen LogP contribution < -0.4 is 67.3 Å². The van der Waals surface area contributed by atoms with Gasteiger partial charge in [-0.3, -0.25) is 33.9 Å². The van der Waals surface area contributed by atoms with Crippen molar-refractivity contribution in [3.63, 3.8) is 0 Å². The summed E-state index contributed by atoms with van der Waals surface area (Å²) in [6.45, 7) is 26.5. The lowest BCUT2D eigenvalue weighted by molar-refractivity contribution is -0.688. The number of piperidine rings is 4. The topological polar surface area (TPSA) is 273 Å². The van der Waals surface area contributed by atoms with Crippen molar-refractivity contribution in [2.75, 3.05) is 96.7 Å². The van der Waals surface area contributed by atoms with Crippen LogP contribution in [0.2, 0.25) is 15.1 Å². The van der Waals surface area contributed by atoms with Crippen molar-refractivity contribution in [1.82, 2.24) is 59.9 Å². The van der Waals surface area contributed by atoms with E-state index in [0.29, 0.717) is 97.5 Å². The first-order valence-corrected chi connectivity index (χ1v) is 44.4. The summed E-state index contributed by atoms with van der Waals surface area (Å²) in [5.41, 5.74) is 11.0. The SMILES string of the molecule is COc1ccc(-c2cc(C)c[n+](Cc3ccccc3)c2)cn1.COc1ccc(C2CC(C)CN(Cc3ccccc3)C2)cn1.COc1ccc(C2CC(C)CN([C@@H](C)C(=O)Nc3ccc(Cl)cn3)C2)cn1.COc1ccc(C2CNCC(C)C2)cn1.C[C@@H](Br)C(=O)Nc1ccc(Cl)cn1.C[C@@H]1C[C@@H](c2ccc(=O)[nH]c2)CN([C@@H](C)C(=O)Nc2ccc(Cl)cn2)C1.[Br-]. The molecule has 4 aliphatic heterocycles. The van der Waals surface area contributed by atoms with Gasteiger partial charge in [-0.05, 0) is 184 Å². The zero-order chi connectivity index (χ0) is 89.3. The van der Waals surface area contributed by atoms with Crippen LogP contribution in [-0.4, -0.2) is 170 Å². The molecule has 29 heteroatoms. The summed E-state index contributed by atoms with van der Waals surface area (Å²) in [4.78, 5) is 86.6. The Kier molecular flexibility index (Phi) is 40.3. The molecule has 126 heavy (non-hydrogen) atoms. The number of ether oxygens (including phenoxy) is 4. The van der Waals surface area contributed by atoms with Crippen molar-refractivity contribution in [2.24, 2.45) is 23.7 Å². The smallest absolute Gasteiger partial charge is 0.247 e. The molecule has 4 fully saturated rings. The van der Waals surface area contributed by atoms with Gasteiger partial charge in [0, 0.05) is 155 Å². The number of amides is 3. The van der Waals surface area contributed by atoms with E-state index >= 15 is 0 Å². The maximum atomic E-state index is 12.7. The highest BCUT2D eigenvalue weighted by Crippen LogP contribution is 2.35. The fourth-order valence-corrected chi connectivity index (χ4v) is 16.3. The number of nitrogens with zero attached hydrogens (tertiary/aromatic N) is 11. The number of pyridine rings is 9. The van der Waals surface area contributed by atoms with Crippen molar-refractivity contribution in [3.8, 4) is 34.6 Å². The van der Waals surface area contributed by atoms with E-state index in [1.54, 1.807) is 84.0 Å². The summed E-state index contributed by atoms with van der Waals surface area (Å²) in [5, 5.41) is 13.4. The van der Waals surface area contributed by atoms with Gasteiger partial charge in [-0.15, -0.1) is 0 Å². The Morgan fingerprint density at radius 2 is 0.881 bits per heavy atom. The quantitative estimate of drug-likeness (QED) is 0.0330. The van der Waals surface area contributed by atoms with Gasteiger partial charge in [0.05, 0.1) is 60.4 Å². The number of aryl methyl sites for hydroxylation is 1. The lowest BCUT2D eigenvalue weighted by Crippen LogP contribution is -3.00. The average Bonchev–Trinajstić information content (AvgIpc) is 0.819. The maximum Gasteiger partial charge on any atom is 0.247 e. The number of alkyl halides is 1. The molecule has 3 amide bonds. The highest BCUT2D eigenvalue weighted by Gasteiger charge is 2.34. The van der Waals surface area contributed by atoms with E-state index < -0.39 is 0 Å². The standard InChI is InChI=1S/C20H25ClN4O2.C19H23ClN4O2.C19H24N2O.C19H19N2O.C12H18N2O.C8H8BrClN2O.BrH/c1-13-8-16(15-4-7-19(27-3)23-9-15)12-25(11-13)14(2)20(26)24-18-6-5-17(21)10-22-18;1-12-7-15(14-3-6-18(25)22-8-14)11-24(10-12)13(2)19(26)23-17-5-4-16(20)9-21-17;2*1-15-10-18(17-8-9-19(22-2)20-11-17)14-21(12-15)13-16-6-4-3-5-7-16;1-9-5-11(7-13-6-9)10-3-4-12(15-2)14-8-10;1-5(9)8(13)12-7-3-2-6(10)4-11-7;/h4-7,9-10,13-14,16H,8,11-12H2,1-3H3,(H,22,24,26);3-6,8-9,12-13,15H,7,10-11H2,1-2H3,(H,22,25)(H,21,23,26);3-9,11,15,18H,10,12-14H2,1-2H3;3-12,14H,13H2,1-2H3;3-4,8-9,11,13H,5-7H2,1-2H3;2-5H,1H3,(H,11,12,13);1H/q;;;+1;;;/p-1/t13?,14-,16?;12-,13+,15-;;;;5-;/m01...1./s1. The molecule has 11 aromatic rings. The first-order chi connectivity index (χ1) is 60.2. The zero-order valence-electron chi connectivity index (χ0n) is 73.7. The Hall–Kier alpha value is -10.1. The van der Waals surface area contributed by atoms with Crippen LogP contribution in [0.25, 0.3) is 11.1 Å². The summed E-state index contributed by atoms with van der Waals surface area (Å²) in [6.07, 6.45) is 22.9. The predicted molar refractivity (Wildman–Crippen MR) is 501 cm³/mol. The van der Waals surface area contributed by atoms with Gasteiger partial charge < -0.3 is 62.2 Å². The normalized spacial score (nSPS) is 19.3. The van der Waals surface area contributed by atoms with Crippen LogP contribution in [0.15, 0.2) is 231 Å². The molecular weight excluding hydrogens is 1780 g/mol. The van der Waals surface area contributed by atoms with Gasteiger partial charge in [-0.2, -0.15) is 4.57 Å². The molecule has 15 rings (SSSR count). The number of hydrogen-bond donors (Lipinski definition) is 5. The number of benzene rings is 2. The highest BCUT2D eigenvalue weighted by atomic mass is 79.9. The number of nitrogens with one attached hydrogen (secondary N) is 5. The molecule has 0 spiro atoms. The molecule has 2 aromatic carbocycles. The Morgan fingerprint density at radius 3 is 1.29 bits per heavy atom. The minimum Gasteiger partial charge on any atom is -1.00 e. The highest BCUT2D eigenvalue weighted by molar-refractivity contribution is 9.10. The molecule has 0 radical (unpaired) electrons. The number of H-pyrrole nitrogens is 1. The van der Waals surface area contributed by atoms with Crippen LogP contribution in [0.4, 0.5) is 17.5 Å². The molecular formula is C97H117Br2Cl3N16O8. The molecule has 5 N–H and O–H groups in total. The number of likely N-dealkylation sites (tertiary alicyclic amines) is 3. The third kappa shape index (κ3) is 32.3. The van der Waals surface area contributed by atoms with E-state index in [2.05, 4.69) is 222 Å². The number of hydrogen-bond acceptors (Lipinski definition) is 19. The maximum absolute atomic E-state index is 12.7. The van der Waals surface area contributed by atoms with E-state index in [4.69, 9.17) is 53.8 Å². The fraction of sp³-hybridized carbons (Fsp3) is 0.381. The van der Waals surface area contributed by atoms with Gasteiger partial charge in [-0.1, -0.05) is 163 Å². The van der Waals surface area contributed by atoms with E-state index in [-0.39, 0.29) is 57.2 Å². The van der Waals surface area contributed by atoms with Gasteiger partial charge in [-0.25, -0.2) is 34.9 Å². The number of aromatic amines is 1. The summed E-state index contributed by atoms with van der Waals surface area (Å²) in [5.74, 6) is 8.07. The molecule has 6 unspecified atom stereocenters. The number of aromatic nitrogens is 9. The zero-order valence-corrected chi connectivity index (χ0v) is 79.1. The number of anilines is 3. The number of halogens is 5. The monoisotopic (exact) mass is 1900 g/mol. The Bertz CT molecular complexity index is 5150. The van der Waals surface area contributed by atoms with Crippen molar-refractivity contribution in [2.45, 2.75) is 135 Å². The summed E-state index contributed by atoms with van der Waals surface area (Å²) in [7, 11) is 6.54. The molecule has 668 valence electrons. The van der Waals surface area contributed by atoms with Gasteiger partial charge in [0.2, 0.25) is 46.8 Å². The summed E-state index contributed by atoms with van der Waals surface area (Å²) in [6, 6.07) is 52.5. The lowest BCUT2D eigenvalue weighted by Gasteiger charge is -2.39. The molecule has 4 saturated heterocycles. The second kappa shape index (κ2) is 51.0. The summed E-state index contributed by atoms with van der Waals surface area (Å²) < 4.78 is 22.7. The number of carbonyl (C=O) groups excluding carboxylic acids is 3. The molecule has 11 atom stereocenters. The second-order valence-electron chi connectivity index (χ2n) is 32.7.